The Labute approximate surface area is 143 Å². The summed E-state index contributed by atoms with van der Waals surface area (Å²) in [5, 5.41) is 3.26. The van der Waals surface area contributed by atoms with E-state index < -0.39 is 0 Å². The Morgan fingerprint density at radius 2 is 1.75 bits per heavy atom. The lowest BCUT2D eigenvalue weighted by molar-refractivity contribution is 0.0747. The molecule has 1 aromatic heterocycles. The Bertz CT molecular complexity index is 679. The number of rotatable bonds is 4. The Balaban J connectivity index is 1.68. The highest BCUT2D eigenvalue weighted by molar-refractivity contribution is 5.98. The fourth-order valence-electron chi connectivity index (χ4n) is 2.94. The molecule has 5 nitrogen and oxygen atoms in total. The third kappa shape index (κ3) is 3.67. The predicted molar refractivity (Wildman–Crippen MR) is 97.6 cm³/mol. The second-order valence-electron chi connectivity index (χ2n) is 6.31. The summed E-state index contributed by atoms with van der Waals surface area (Å²) in [5.74, 6) is 0.724. The molecule has 1 aromatic carbocycles. The van der Waals surface area contributed by atoms with Gasteiger partial charge in [-0.2, -0.15) is 0 Å². The maximum Gasteiger partial charge on any atom is 0.257 e. The van der Waals surface area contributed by atoms with Crippen LogP contribution < -0.4 is 10.2 Å². The van der Waals surface area contributed by atoms with E-state index in [2.05, 4.69) is 27.3 Å². The van der Waals surface area contributed by atoms with Gasteiger partial charge in [0.1, 0.15) is 5.82 Å². The highest BCUT2D eigenvalue weighted by Crippen LogP contribution is 2.19. The van der Waals surface area contributed by atoms with Crippen molar-refractivity contribution in [2.45, 2.75) is 19.9 Å². The number of hydrogen-bond donors (Lipinski definition) is 1. The van der Waals surface area contributed by atoms with Gasteiger partial charge in [-0.15, -0.1) is 0 Å². The Kier molecular flexibility index (Phi) is 4.99. The highest BCUT2D eigenvalue weighted by atomic mass is 16.2. The minimum absolute atomic E-state index is 0.0546. The molecule has 0 unspecified atom stereocenters. The van der Waals surface area contributed by atoms with Crippen molar-refractivity contribution in [1.29, 1.82) is 0 Å². The molecule has 1 fully saturated rings. The zero-order valence-electron chi connectivity index (χ0n) is 14.3. The number of para-hydroxylation sites is 1. The fraction of sp³-hybridized carbons (Fsp3) is 0.368. The average molecular weight is 324 g/mol. The van der Waals surface area contributed by atoms with Crippen LogP contribution in [0.3, 0.4) is 0 Å². The van der Waals surface area contributed by atoms with Crippen LogP contribution in [0.25, 0.3) is 0 Å². The number of pyridine rings is 1. The highest BCUT2D eigenvalue weighted by Gasteiger charge is 2.24. The third-order valence-electron chi connectivity index (χ3n) is 4.15. The first-order chi connectivity index (χ1) is 11.6. The molecule has 1 aliphatic rings. The molecule has 126 valence electrons. The van der Waals surface area contributed by atoms with E-state index in [1.165, 1.54) is 5.69 Å². The standard InChI is InChI=1S/C19H24N4O/c1-15(2)21-18-17(9-6-10-20-18)19(24)23-13-11-22(12-14-23)16-7-4-3-5-8-16/h3-10,15H,11-14H2,1-2H3,(H,20,21). The first kappa shape index (κ1) is 16.3. The van der Waals surface area contributed by atoms with Crippen molar-refractivity contribution in [1.82, 2.24) is 9.88 Å². The van der Waals surface area contributed by atoms with Gasteiger partial charge in [0.15, 0.2) is 0 Å². The number of nitrogens with one attached hydrogen (secondary N) is 1. The molecule has 5 heteroatoms. The first-order valence-corrected chi connectivity index (χ1v) is 8.46. The molecule has 2 heterocycles. The summed E-state index contributed by atoms with van der Waals surface area (Å²) in [5.41, 5.74) is 1.87. The predicted octanol–water partition coefficient (Wildman–Crippen LogP) is 2.86. The average Bonchev–Trinajstić information content (AvgIpc) is 2.62. The molecule has 0 radical (unpaired) electrons. The number of hydrogen-bond acceptors (Lipinski definition) is 4. The molecule has 0 aliphatic carbocycles. The SMILES string of the molecule is CC(C)Nc1ncccc1C(=O)N1CCN(c2ccccc2)CC1. The van der Waals surface area contributed by atoms with Gasteiger partial charge in [0, 0.05) is 44.1 Å². The van der Waals surface area contributed by atoms with Crippen LogP contribution in [-0.4, -0.2) is 48.0 Å². The summed E-state index contributed by atoms with van der Waals surface area (Å²) < 4.78 is 0. The van der Waals surface area contributed by atoms with Crippen molar-refractivity contribution in [2.75, 3.05) is 36.4 Å². The third-order valence-corrected chi connectivity index (χ3v) is 4.15. The molecule has 1 amide bonds. The normalized spacial score (nSPS) is 14.8. The first-order valence-electron chi connectivity index (χ1n) is 8.46. The van der Waals surface area contributed by atoms with Crippen LogP contribution in [0.15, 0.2) is 48.7 Å². The van der Waals surface area contributed by atoms with E-state index in [0.717, 1.165) is 26.2 Å². The van der Waals surface area contributed by atoms with E-state index in [9.17, 15) is 4.79 Å². The monoisotopic (exact) mass is 324 g/mol. The van der Waals surface area contributed by atoms with Gasteiger partial charge in [-0.1, -0.05) is 18.2 Å². The minimum atomic E-state index is 0.0546. The Hall–Kier alpha value is -2.56. The number of anilines is 2. The van der Waals surface area contributed by atoms with Crippen LogP contribution in [-0.2, 0) is 0 Å². The molecule has 1 saturated heterocycles. The van der Waals surface area contributed by atoms with E-state index in [-0.39, 0.29) is 11.9 Å². The summed E-state index contributed by atoms with van der Waals surface area (Å²) in [6, 6.07) is 14.3. The molecule has 2 aromatic rings. The molecule has 24 heavy (non-hydrogen) atoms. The van der Waals surface area contributed by atoms with Crippen LogP contribution in [0.2, 0.25) is 0 Å². The summed E-state index contributed by atoms with van der Waals surface area (Å²) in [7, 11) is 0. The van der Waals surface area contributed by atoms with E-state index in [4.69, 9.17) is 0 Å². The fourth-order valence-corrected chi connectivity index (χ4v) is 2.94. The lowest BCUT2D eigenvalue weighted by Gasteiger charge is -2.36. The number of aromatic nitrogens is 1. The summed E-state index contributed by atoms with van der Waals surface area (Å²) in [4.78, 5) is 21.4. The maximum atomic E-state index is 12.9. The van der Waals surface area contributed by atoms with Gasteiger partial charge >= 0.3 is 0 Å². The molecule has 0 bridgehead atoms. The molecule has 1 N–H and O–H groups in total. The maximum absolute atomic E-state index is 12.9. The second kappa shape index (κ2) is 7.34. The van der Waals surface area contributed by atoms with Gasteiger partial charge in [-0.05, 0) is 38.1 Å². The van der Waals surface area contributed by atoms with E-state index in [1.807, 2.05) is 49.1 Å². The Morgan fingerprint density at radius 3 is 2.42 bits per heavy atom. The minimum Gasteiger partial charge on any atom is -0.368 e. The smallest absolute Gasteiger partial charge is 0.257 e. The van der Waals surface area contributed by atoms with Gasteiger partial charge in [-0.3, -0.25) is 4.79 Å². The number of carbonyl (C=O) groups is 1. The van der Waals surface area contributed by atoms with Gasteiger partial charge < -0.3 is 15.1 Å². The lowest BCUT2D eigenvalue weighted by atomic mass is 10.2. The van der Waals surface area contributed by atoms with Gasteiger partial charge in [0.25, 0.3) is 5.91 Å². The van der Waals surface area contributed by atoms with Crippen LogP contribution in [0.4, 0.5) is 11.5 Å². The number of carbonyl (C=O) groups excluding carboxylic acids is 1. The molecule has 0 atom stereocenters. The Morgan fingerprint density at radius 1 is 1.04 bits per heavy atom. The van der Waals surface area contributed by atoms with Crippen LogP contribution in [0.1, 0.15) is 24.2 Å². The van der Waals surface area contributed by atoms with Crippen molar-refractivity contribution in [3.8, 4) is 0 Å². The van der Waals surface area contributed by atoms with Crippen molar-refractivity contribution in [3.63, 3.8) is 0 Å². The summed E-state index contributed by atoms with van der Waals surface area (Å²) >= 11 is 0. The van der Waals surface area contributed by atoms with E-state index in [1.54, 1.807) is 6.20 Å². The van der Waals surface area contributed by atoms with Gasteiger partial charge in [0.2, 0.25) is 0 Å². The van der Waals surface area contributed by atoms with Crippen LogP contribution in [0, 0.1) is 0 Å². The van der Waals surface area contributed by atoms with Gasteiger partial charge in [-0.25, -0.2) is 4.98 Å². The zero-order chi connectivity index (χ0) is 16.9. The largest absolute Gasteiger partial charge is 0.368 e. The van der Waals surface area contributed by atoms with E-state index >= 15 is 0 Å². The zero-order valence-corrected chi connectivity index (χ0v) is 14.3. The molecule has 0 spiro atoms. The van der Waals surface area contributed by atoms with Crippen molar-refractivity contribution < 1.29 is 4.79 Å². The number of benzene rings is 1. The lowest BCUT2D eigenvalue weighted by Crippen LogP contribution is -2.49. The summed E-state index contributed by atoms with van der Waals surface area (Å²) in [6.07, 6.45) is 1.72. The summed E-state index contributed by atoms with van der Waals surface area (Å²) in [6.45, 7) is 7.24. The molecule has 0 saturated carbocycles. The molecule has 1 aliphatic heterocycles. The number of piperazine rings is 1. The second-order valence-corrected chi connectivity index (χ2v) is 6.31. The van der Waals surface area contributed by atoms with E-state index in [0.29, 0.717) is 11.4 Å². The van der Waals surface area contributed by atoms with Crippen molar-refractivity contribution in [2.24, 2.45) is 0 Å². The molecular formula is C19H24N4O. The topological polar surface area (TPSA) is 48.5 Å². The van der Waals surface area contributed by atoms with Crippen molar-refractivity contribution in [3.05, 3.63) is 54.2 Å². The van der Waals surface area contributed by atoms with Crippen molar-refractivity contribution >= 4 is 17.4 Å². The van der Waals surface area contributed by atoms with Crippen LogP contribution in [0.5, 0.6) is 0 Å². The number of nitrogens with zero attached hydrogens (tertiary/aromatic N) is 3. The molecular weight excluding hydrogens is 300 g/mol. The number of amides is 1. The molecule has 3 rings (SSSR count). The quantitative estimate of drug-likeness (QED) is 0.939. The van der Waals surface area contributed by atoms with Gasteiger partial charge in [0.05, 0.1) is 5.56 Å². The van der Waals surface area contributed by atoms with Crippen LogP contribution >= 0.6 is 0 Å².